The van der Waals surface area contributed by atoms with E-state index in [2.05, 4.69) is 0 Å². The van der Waals surface area contributed by atoms with Crippen molar-refractivity contribution >= 4 is 31.0 Å². The summed E-state index contributed by atoms with van der Waals surface area (Å²) in [6, 6.07) is 2.11. The number of rotatable bonds is 2. The largest absolute Gasteiger partial charge is 0.397 e. The minimum Gasteiger partial charge on any atom is -0.397 e. The fourth-order valence-electron chi connectivity index (χ4n) is 1.17. The average molecular weight is 264 g/mol. The number of nitrogens with two attached hydrogens (primary N) is 2. The Balaban J connectivity index is 3.80. The van der Waals surface area contributed by atoms with Gasteiger partial charge in [0, 0.05) is 12.5 Å². The highest BCUT2D eigenvalue weighted by molar-refractivity contribution is 7.93. The molecular weight excluding hydrogens is 252 g/mol. The van der Waals surface area contributed by atoms with Gasteiger partial charge in [0.25, 0.3) is 0 Å². The molecule has 4 N–H and O–H groups in total. The van der Waals surface area contributed by atoms with Crippen molar-refractivity contribution in [2.45, 2.75) is 9.79 Å². The van der Waals surface area contributed by atoms with Gasteiger partial charge in [-0.1, -0.05) is 0 Å². The summed E-state index contributed by atoms with van der Waals surface area (Å²) in [5.41, 5.74) is 11.0. The van der Waals surface area contributed by atoms with Gasteiger partial charge in [-0.25, -0.2) is 16.8 Å². The molecule has 0 fully saturated rings. The van der Waals surface area contributed by atoms with Crippen LogP contribution in [-0.4, -0.2) is 29.3 Å². The van der Waals surface area contributed by atoms with E-state index in [0.717, 1.165) is 24.6 Å². The predicted molar refractivity (Wildman–Crippen MR) is 61.5 cm³/mol. The number of nitrogen functional groups attached to an aromatic ring is 2. The van der Waals surface area contributed by atoms with Crippen LogP contribution in [-0.2, 0) is 19.7 Å². The van der Waals surface area contributed by atoms with Crippen LogP contribution in [0.2, 0.25) is 0 Å². The fourth-order valence-corrected chi connectivity index (χ4v) is 3.61. The van der Waals surface area contributed by atoms with Crippen LogP contribution in [0.15, 0.2) is 21.9 Å². The molecule has 0 spiro atoms. The van der Waals surface area contributed by atoms with Crippen molar-refractivity contribution in [2.75, 3.05) is 24.0 Å². The Bertz CT molecular complexity index is 575. The molecule has 0 amide bonds. The number of hydrogen-bond donors (Lipinski definition) is 2. The van der Waals surface area contributed by atoms with Gasteiger partial charge >= 0.3 is 0 Å². The van der Waals surface area contributed by atoms with Crippen molar-refractivity contribution in [2.24, 2.45) is 0 Å². The van der Waals surface area contributed by atoms with E-state index in [0.29, 0.717) is 0 Å². The van der Waals surface area contributed by atoms with E-state index in [-0.39, 0.29) is 21.2 Å². The maximum Gasteiger partial charge on any atom is 0.176 e. The molecule has 0 aromatic heterocycles. The molecule has 0 bridgehead atoms. The van der Waals surface area contributed by atoms with Crippen LogP contribution in [0.25, 0.3) is 0 Å². The van der Waals surface area contributed by atoms with Gasteiger partial charge in [0.1, 0.15) is 0 Å². The van der Waals surface area contributed by atoms with Crippen LogP contribution in [0.5, 0.6) is 0 Å². The normalized spacial score (nSPS) is 12.6. The Kier molecular flexibility index (Phi) is 2.90. The molecule has 90 valence electrons. The van der Waals surface area contributed by atoms with Crippen LogP contribution < -0.4 is 11.5 Å². The molecule has 0 unspecified atom stereocenters. The lowest BCUT2D eigenvalue weighted by molar-refractivity contribution is 0.589. The number of sulfone groups is 2. The summed E-state index contributed by atoms with van der Waals surface area (Å²) < 4.78 is 45.6. The molecule has 0 atom stereocenters. The second-order valence-electron chi connectivity index (χ2n) is 3.47. The Morgan fingerprint density at radius 1 is 0.812 bits per heavy atom. The molecule has 6 nitrogen and oxygen atoms in total. The van der Waals surface area contributed by atoms with Crippen molar-refractivity contribution in [3.8, 4) is 0 Å². The van der Waals surface area contributed by atoms with Gasteiger partial charge in [0.2, 0.25) is 0 Å². The zero-order valence-electron chi connectivity index (χ0n) is 8.76. The van der Waals surface area contributed by atoms with Crippen LogP contribution in [0, 0.1) is 0 Å². The highest BCUT2D eigenvalue weighted by atomic mass is 32.2. The fraction of sp³-hybridized carbons (Fsp3) is 0.250. The SMILES string of the molecule is CS(=O)(=O)c1cc(N)c(N)cc1S(C)(=O)=O. The molecule has 16 heavy (non-hydrogen) atoms. The first-order chi connectivity index (χ1) is 7.03. The van der Waals surface area contributed by atoms with Gasteiger partial charge in [-0.15, -0.1) is 0 Å². The molecule has 0 heterocycles. The van der Waals surface area contributed by atoms with Gasteiger partial charge in [0.15, 0.2) is 19.7 Å². The Morgan fingerprint density at radius 3 is 1.25 bits per heavy atom. The first-order valence-corrected chi connectivity index (χ1v) is 7.91. The van der Waals surface area contributed by atoms with Crippen LogP contribution in [0.3, 0.4) is 0 Å². The van der Waals surface area contributed by atoms with Crippen LogP contribution in [0.1, 0.15) is 0 Å². The third-order valence-corrected chi connectivity index (χ3v) is 4.35. The summed E-state index contributed by atoms with van der Waals surface area (Å²) >= 11 is 0. The molecule has 0 aliphatic carbocycles. The first kappa shape index (κ1) is 12.8. The quantitative estimate of drug-likeness (QED) is 0.705. The van der Waals surface area contributed by atoms with E-state index in [1.807, 2.05) is 0 Å². The van der Waals surface area contributed by atoms with Crippen molar-refractivity contribution in [1.29, 1.82) is 0 Å². The number of benzene rings is 1. The topological polar surface area (TPSA) is 120 Å². The van der Waals surface area contributed by atoms with E-state index in [4.69, 9.17) is 11.5 Å². The third-order valence-electron chi connectivity index (χ3n) is 1.95. The van der Waals surface area contributed by atoms with Crippen LogP contribution in [0.4, 0.5) is 11.4 Å². The monoisotopic (exact) mass is 264 g/mol. The van der Waals surface area contributed by atoms with Gasteiger partial charge in [0.05, 0.1) is 21.2 Å². The minimum atomic E-state index is -3.67. The molecule has 1 aromatic rings. The molecule has 1 rings (SSSR count). The van der Waals surface area contributed by atoms with E-state index in [1.165, 1.54) is 0 Å². The maximum absolute atomic E-state index is 11.4. The van der Waals surface area contributed by atoms with Gasteiger partial charge in [-0.3, -0.25) is 0 Å². The second-order valence-corrected chi connectivity index (χ2v) is 7.44. The molecule has 1 aromatic carbocycles. The van der Waals surface area contributed by atoms with Gasteiger partial charge in [-0.05, 0) is 12.1 Å². The van der Waals surface area contributed by atoms with Crippen molar-refractivity contribution in [3.63, 3.8) is 0 Å². The smallest absolute Gasteiger partial charge is 0.176 e. The first-order valence-electron chi connectivity index (χ1n) is 4.12. The van der Waals surface area contributed by atoms with E-state index in [9.17, 15) is 16.8 Å². The molecule has 0 aliphatic heterocycles. The summed E-state index contributed by atoms with van der Waals surface area (Å²) in [5.74, 6) is 0. The van der Waals surface area contributed by atoms with E-state index in [1.54, 1.807) is 0 Å². The van der Waals surface area contributed by atoms with Crippen molar-refractivity contribution in [3.05, 3.63) is 12.1 Å². The molecular formula is C8H12N2O4S2. The van der Waals surface area contributed by atoms with Crippen molar-refractivity contribution in [1.82, 2.24) is 0 Å². The highest BCUT2D eigenvalue weighted by Crippen LogP contribution is 2.28. The van der Waals surface area contributed by atoms with E-state index < -0.39 is 19.7 Å². The Morgan fingerprint density at radius 2 is 1.06 bits per heavy atom. The standard InChI is InChI=1S/C8H12N2O4S2/c1-15(11,12)7-3-5(9)6(10)4-8(7)16(2,13)14/h3-4H,9-10H2,1-2H3. The molecule has 0 radical (unpaired) electrons. The second kappa shape index (κ2) is 3.63. The maximum atomic E-state index is 11.4. The summed E-state index contributed by atoms with van der Waals surface area (Å²) in [7, 11) is -7.34. The number of anilines is 2. The lowest BCUT2D eigenvalue weighted by Gasteiger charge is -2.09. The Hall–Kier alpha value is -1.28. The summed E-state index contributed by atoms with van der Waals surface area (Å²) in [4.78, 5) is -0.664. The predicted octanol–water partition coefficient (Wildman–Crippen LogP) is -0.342. The highest BCUT2D eigenvalue weighted by Gasteiger charge is 2.22. The summed E-state index contributed by atoms with van der Waals surface area (Å²) in [5, 5.41) is 0. The molecule has 0 aliphatic rings. The van der Waals surface area contributed by atoms with Gasteiger partial charge < -0.3 is 11.5 Å². The van der Waals surface area contributed by atoms with Crippen molar-refractivity contribution < 1.29 is 16.8 Å². The Labute approximate surface area is 94.1 Å². The molecule has 8 heteroatoms. The van der Waals surface area contributed by atoms with E-state index >= 15 is 0 Å². The molecule has 0 saturated heterocycles. The number of hydrogen-bond acceptors (Lipinski definition) is 6. The zero-order chi connectivity index (χ0) is 12.7. The molecule has 0 saturated carbocycles. The third kappa shape index (κ3) is 2.45. The minimum absolute atomic E-state index is 0.0350. The lowest BCUT2D eigenvalue weighted by Crippen LogP contribution is -2.09. The summed E-state index contributed by atoms with van der Waals surface area (Å²) in [6.07, 6.45) is 1.82. The average Bonchev–Trinajstić information content (AvgIpc) is 2.05. The lowest BCUT2D eigenvalue weighted by atomic mass is 10.3. The summed E-state index contributed by atoms with van der Waals surface area (Å²) in [6.45, 7) is 0. The van der Waals surface area contributed by atoms with Gasteiger partial charge in [-0.2, -0.15) is 0 Å². The van der Waals surface area contributed by atoms with Crippen LogP contribution >= 0.6 is 0 Å². The zero-order valence-corrected chi connectivity index (χ0v) is 10.4.